The number of phenols is 1. The molecule has 1 aromatic carbocycles. The molecule has 0 atom stereocenters. The van der Waals surface area contributed by atoms with Crippen LogP contribution in [-0.2, 0) is 9.59 Å². The topological polar surface area (TPSA) is 69.6 Å². The summed E-state index contributed by atoms with van der Waals surface area (Å²) < 4.78 is 0. The van der Waals surface area contributed by atoms with E-state index in [1.165, 1.54) is 29.2 Å². The lowest BCUT2D eigenvalue weighted by molar-refractivity contribution is -0.142. The normalized spacial score (nSPS) is 9.76. The number of amides is 2. The van der Waals surface area contributed by atoms with Crippen LogP contribution >= 0.6 is 0 Å². The van der Waals surface area contributed by atoms with Crippen molar-refractivity contribution in [1.82, 2.24) is 4.90 Å². The number of carbonyl (C=O) groups excluding carboxylic acids is 2. The zero-order chi connectivity index (χ0) is 12.8. The molecule has 0 heterocycles. The van der Waals surface area contributed by atoms with Crippen molar-refractivity contribution in [3.05, 3.63) is 24.3 Å². The van der Waals surface area contributed by atoms with Crippen molar-refractivity contribution in [2.45, 2.75) is 13.8 Å². The van der Waals surface area contributed by atoms with Gasteiger partial charge in [0.25, 0.3) is 0 Å². The van der Waals surface area contributed by atoms with Crippen molar-refractivity contribution in [2.24, 2.45) is 0 Å². The van der Waals surface area contributed by atoms with Gasteiger partial charge >= 0.3 is 11.8 Å². The molecular weight excluding hydrogens is 220 g/mol. The summed E-state index contributed by atoms with van der Waals surface area (Å²) in [7, 11) is 0. The van der Waals surface area contributed by atoms with E-state index in [0.717, 1.165) is 0 Å². The molecule has 0 aromatic heterocycles. The Morgan fingerprint density at radius 1 is 1.18 bits per heavy atom. The van der Waals surface area contributed by atoms with Crippen molar-refractivity contribution < 1.29 is 14.7 Å². The minimum atomic E-state index is -0.667. The molecule has 0 fully saturated rings. The summed E-state index contributed by atoms with van der Waals surface area (Å²) >= 11 is 0. The van der Waals surface area contributed by atoms with Gasteiger partial charge in [-0.25, -0.2) is 0 Å². The van der Waals surface area contributed by atoms with Crippen molar-refractivity contribution in [3.8, 4) is 5.75 Å². The van der Waals surface area contributed by atoms with Gasteiger partial charge < -0.3 is 15.3 Å². The average Bonchev–Trinajstić information content (AvgIpc) is 2.33. The van der Waals surface area contributed by atoms with E-state index in [1.54, 1.807) is 0 Å². The Labute approximate surface area is 100 Å². The highest BCUT2D eigenvalue weighted by molar-refractivity contribution is 6.39. The van der Waals surface area contributed by atoms with Crippen molar-refractivity contribution in [1.29, 1.82) is 0 Å². The monoisotopic (exact) mass is 236 g/mol. The lowest BCUT2D eigenvalue weighted by Crippen LogP contribution is -2.39. The molecule has 17 heavy (non-hydrogen) atoms. The summed E-state index contributed by atoms with van der Waals surface area (Å²) in [5, 5.41) is 11.6. The molecule has 1 rings (SSSR count). The number of anilines is 1. The lowest BCUT2D eigenvalue weighted by atomic mass is 10.3. The van der Waals surface area contributed by atoms with Crippen LogP contribution in [0.2, 0.25) is 0 Å². The van der Waals surface area contributed by atoms with Gasteiger partial charge in [-0.2, -0.15) is 0 Å². The first-order valence-corrected chi connectivity index (χ1v) is 5.47. The molecule has 5 heteroatoms. The van der Waals surface area contributed by atoms with Crippen LogP contribution in [0.5, 0.6) is 5.75 Å². The molecule has 0 aliphatic carbocycles. The van der Waals surface area contributed by atoms with E-state index < -0.39 is 11.8 Å². The Hall–Kier alpha value is -2.04. The minimum Gasteiger partial charge on any atom is -0.508 e. The number of hydrogen-bond donors (Lipinski definition) is 2. The Morgan fingerprint density at radius 3 is 2.18 bits per heavy atom. The van der Waals surface area contributed by atoms with E-state index in [4.69, 9.17) is 5.11 Å². The highest BCUT2D eigenvalue weighted by Gasteiger charge is 2.18. The SMILES string of the molecule is CCN(CC)C(=O)C(=O)Nc1ccc(O)cc1. The molecule has 92 valence electrons. The number of nitrogens with zero attached hydrogens (tertiary/aromatic N) is 1. The number of phenolic OH excluding ortho intramolecular Hbond substituents is 1. The molecule has 5 nitrogen and oxygen atoms in total. The molecule has 0 saturated carbocycles. The molecule has 0 saturated heterocycles. The third-order valence-electron chi connectivity index (χ3n) is 2.37. The van der Waals surface area contributed by atoms with Gasteiger partial charge in [0.1, 0.15) is 5.75 Å². The van der Waals surface area contributed by atoms with E-state index >= 15 is 0 Å². The predicted molar refractivity (Wildman–Crippen MR) is 64.7 cm³/mol. The molecule has 0 aliphatic rings. The highest BCUT2D eigenvalue weighted by atomic mass is 16.3. The van der Waals surface area contributed by atoms with Gasteiger partial charge in [-0.1, -0.05) is 0 Å². The Balaban J connectivity index is 2.66. The largest absolute Gasteiger partial charge is 0.508 e. The zero-order valence-corrected chi connectivity index (χ0v) is 9.93. The van der Waals surface area contributed by atoms with Crippen molar-refractivity contribution in [3.63, 3.8) is 0 Å². The Bertz CT molecular complexity index is 397. The molecule has 1 aromatic rings. The van der Waals surface area contributed by atoms with Crippen LogP contribution in [0.1, 0.15) is 13.8 Å². The van der Waals surface area contributed by atoms with Gasteiger partial charge in [0.2, 0.25) is 0 Å². The van der Waals surface area contributed by atoms with Crippen molar-refractivity contribution in [2.75, 3.05) is 18.4 Å². The quantitative estimate of drug-likeness (QED) is 0.612. The number of hydrogen-bond acceptors (Lipinski definition) is 3. The standard InChI is InChI=1S/C12H16N2O3/c1-3-14(4-2)12(17)11(16)13-9-5-7-10(15)8-6-9/h5-8,15H,3-4H2,1-2H3,(H,13,16). The van der Waals surface area contributed by atoms with Crippen molar-refractivity contribution >= 4 is 17.5 Å². The maximum atomic E-state index is 11.6. The van der Waals surface area contributed by atoms with Crippen LogP contribution in [0, 0.1) is 0 Å². The summed E-state index contributed by atoms with van der Waals surface area (Å²) in [5.41, 5.74) is 0.480. The van der Waals surface area contributed by atoms with E-state index in [2.05, 4.69) is 5.32 Å². The fraction of sp³-hybridized carbons (Fsp3) is 0.333. The van der Waals surface area contributed by atoms with E-state index in [-0.39, 0.29) is 5.75 Å². The summed E-state index contributed by atoms with van der Waals surface area (Å²) in [5.74, 6) is -1.11. The van der Waals surface area contributed by atoms with Gasteiger partial charge in [0, 0.05) is 18.8 Å². The first-order chi connectivity index (χ1) is 8.08. The van der Waals surface area contributed by atoms with Crippen LogP contribution in [0.25, 0.3) is 0 Å². The first-order valence-electron chi connectivity index (χ1n) is 5.47. The van der Waals surface area contributed by atoms with Crippen LogP contribution in [0.15, 0.2) is 24.3 Å². The molecular formula is C12H16N2O3. The maximum Gasteiger partial charge on any atom is 0.313 e. The highest BCUT2D eigenvalue weighted by Crippen LogP contribution is 2.13. The van der Waals surface area contributed by atoms with Gasteiger partial charge in [-0.15, -0.1) is 0 Å². The van der Waals surface area contributed by atoms with Gasteiger partial charge in [0.05, 0.1) is 0 Å². The fourth-order valence-corrected chi connectivity index (χ4v) is 1.38. The minimum absolute atomic E-state index is 0.109. The second-order valence-electron chi connectivity index (χ2n) is 3.48. The molecule has 2 amide bonds. The van der Waals surface area contributed by atoms with Crippen LogP contribution in [-0.4, -0.2) is 34.9 Å². The number of rotatable bonds is 3. The summed E-state index contributed by atoms with van der Waals surface area (Å²) in [4.78, 5) is 24.7. The molecule has 0 unspecified atom stereocenters. The summed E-state index contributed by atoms with van der Waals surface area (Å²) in [6, 6.07) is 5.94. The maximum absolute atomic E-state index is 11.6. The van der Waals surface area contributed by atoms with E-state index in [9.17, 15) is 9.59 Å². The number of benzene rings is 1. The lowest BCUT2D eigenvalue weighted by Gasteiger charge is -2.17. The second kappa shape index (κ2) is 5.89. The number of nitrogens with one attached hydrogen (secondary N) is 1. The average molecular weight is 236 g/mol. The molecule has 0 spiro atoms. The van der Waals surface area contributed by atoms with Gasteiger partial charge in [-0.3, -0.25) is 9.59 Å². The number of aromatic hydroxyl groups is 1. The fourth-order valence-electron chi connectivity index (χ4n) is 1.38. The van der Waals surface area contributed by atoms with E-state index in [1.807, 2.05) is 13.8 Å². The first kappa shape index (κ1) is 13.0. The Kier molecular flexibility index (Phi) is 4.51. The Morgan fingerprint density at radius 2 is 1.71 bits per heavy atom. The van der Waals surface area contributed by atoms with Gasteiger partial charge in [-0.05, 0) is 38.1 Å². The predicted octanol–water partition coefficient (Wildman–Crippen LogP) is 1.20. The van der Waals surface area contributed by atoms with Crippen LogP contribution in [0.3, 0.4) is 0 Å². The number of likely N-dealkylation sites (N-methyl/N-ethyl adjacent to an activating group) is 1. The second-order valence-corrected chi connectivity index (χ2v) is 3.48. The third kappa shape index (κ3) is 3.48. The van der Waals surface area contributed by atoms with Gasteiger partial charge in [0.15, 0.2) is 0 Å². The molecule has 0 aliphatic heterocycles. The number of carbonyl (C=O) groups is 2. The summed E-state index contributed by atoms with van der Waals surface area (Å²) in [6.07, 6.45) is 0. The smallest absolute Gasteiger partial charge is 0.313 e. The van der Waals surface area contributed by atoms with E-state index in [0.29, 0.717) is 18.8 Å². The molecule has 0 radical (unpaired) electrons. The summed E-state index contributed by atoms with van der Waals surface area (Å²) in [6.45, 7) is 4.63. The van der Waals surface area contributed by atoms with Crippen LogP contribution in [0.4, 0.5) is 5.69 Å². The third-order valence-corrected chi connectivity index (χ3v) is 2.37. The van der Waals surface area contributed by atoms with Crippen LogP contribution < -0.4 is 5.32 Å². The molecule has 0 bridgehead atoms. The molecule has 2 N–H and O–H groups in total. The zero-order valence-electron chi connectivity index (χ0n) is 9.93.